The second kappa shape index (κ2) is 68.6. The Morgan fingerprint density at radius 2 is 0.525 bits per heavy atom. The summed E-state index contributed by atoms with van der Waals surface area (Å²) >= 11 is 0. The Kier molecular flexibility index (Phi) is 67.5. The standard InChI is InChI=1S/C74H145NO5/c1-3-5-7-9-11-13-15-17-19-21-23-25-27-29-31-32-33-34-35-36-37-38-39-40-41-42-44-46-48-50-52-54-56-58-60-62-64-66-68-72(78)74(80)75-70(69-76)73(79)71(77)67-65-63-61-59-57-55-53-51-49-47-45-43-30-28-26-24-22-20-18-16-14-12-10-8-6-4-2/h51,53,59,61,70-73,76-79H,3-50,52,54-58,60,62-69H2,1-2H3,(H,75,80)/b53-51+,61-59+. The van der Waals surface area contributed by atoms with Crippen LogP contribution in [0.5, 0.6) is 0 Å². The van der Waals surface area contributed by atoms with Crippen LogP contribution in [0.25, 0.3) is 0 Å². The third kappa shape index (κ3) is 61.4. The molecule has 476 valence electrons. The molecule has 0 aromatic heterocycles. The van der Waals surface area contributed by atoms with Crippen molar-refractivity contribution in [2.45, 2.75) is 436 Å². The molecule has 0 fully saturated rings. The van der Waals surface area contributed by atoms with Gasteiger partial charge in [-0.3, -0.25) is 4.79 Å². The van der Waals surface area contributed by atoms with E-state index in [1.807, 2.05) is 0 Å². The fraction of sp³-hybridized carbons (Fsp3) is 0.932. The zero-order valence-electron chi connectivity index (χ0n) is 54.4. The quantitative estimate of drug-likeness (QED) is 0.0308. The minimum Gasteiger partial charge on any atom is -0.394 e. The molecular weight excluding hydrogens is 983 g/mol. The number of hydrogen-bond donors (Lipinski definition) is 5. The fourth-order valence-corrected chi connectivity index (χ4v) is 12.0. The maximum absolute atomic E-state index is 12.7. The molecule has 0 heterocycles. The minimum atomic E-state index is -1.29. The van der Waals surface area contributed by atoms with E-state index in [9.17, 15) is 25.2 Å². The molecule has 0 saturated heterocycles. The highest BCUT2D eigenvalue weighted by Gasteiger charge is 2.28. The van der Waals surface area contributed by atoms with Crippen LogP contribution in [0.4, 0.5) is 0 Å². The van der Waals surface area contributed by atoms with Crippen molar-refractivity contribution in [3.8, 4) is 0 Å². The third-order valence-corrected chi connectivity index (χ3v) is 17.6. The molecule has 0 radical (unpaired) electrons. The van der Waals surface area contributed by atoms with Gasteiger partial charge in [-0.05, 0) is 51.4 Å². The summed E-state index contributed by atoms with van der Waals surface area (Å²) in [7, 11) is 0. The third-order valence-electron chi connectivity index (χ3n) is 17.6. The monoisotopic (exact) mass is 1130 g/mol. The number of hydrogen-bond acceptors (Lipinski definition) is 5. The van der Waals surface area contributed by atoms with Gasteiger partial charge in [0.1, 0.15) is 12.2 Å². The topological polar surface area (TPSA) is 110 Å². The zero-order chi connectivity index (χ0) is 58.0. The molecule has 0 aliphatic rings. The van der Waals surface area contributed by atoms with Gasteiger partial charge in [0.15, 0.2) is 0 Å². The van der Waals surface area contributed by atoms with Crippen LogP contribution in [0.15, 0.2) is 24.3 Å². The van der Waals surface area contributed by atoms with Crippen LogP contribution in [0, 0.1) is 0 Å². The van der Waals surface area contributed by atoms with Crippen molar-refractivity contribution < 1.29 is 25.2 Å². The summed E-state index contributed by atoms with van der Waals surface area (Å²) in [6.07, 6.45) is 87.6. The molecule has 80 heavy (non-hydrogen) atoms. The first-order valence-electron chi connectivity index (χ1n) is 36.7. The normalized spacial score (nSPS) is 13.5. The summed E-state index contributed by atoms with van der Waals surface area (Å²) in [5.74, 6) is -0.589. The fourth-order valence-electron chi connectivity index (χ4n) is 12.0. The van der Waals surface area contributed by atoms with Crippen LogP contribution in [0.2, 0.25) is 0 Å². The van der Waals surface area contributed by atoms with Crippen molar-refractivity contribution in [1.82, 2.24) is 5.32 Å². The second-order valence-corrected chi connectivity index (χ2v) is 25.6. The van der Waals surface area contributed by atoms with Crippen molar-refractivity contribution in [2.75, 3.05) is 6.61 Å². The van der Waals surface area contributed by atoms with E-state index in [1.165, 1.54) is 340 Å². The van der Waals surface area contributed by atoms with E-state index < -0.39 is 36.9 Å². The molecule has 4 atom stereocenters. The number of nitrogens with one attached hydrogen (secondary N) is 1. The average molecular weight is 1130 g/mol. The van der Waals surface area contributed by atoms with E-state index in [2.05, 4.69) is 43.5 Å². The summed E-state index contributed by atoms with van der Waals surface area (Å²) in [6.45, 7) is 4.10. The summed E-state index contributed by atoms with van der Waals surface area (Å²) < 4.78 is 0. The van der Waals surface area contributed by atoms with Gasteiger partial charge < -0.3 is 25.7 Å². The lowest BCUT2D eigenvalue weighted by atomic mass is 10.00. The van der Waals surface area contributed by atoms with Gasteiger partial charge in [0.05, 0.1) is 18.8 Å². The van der Waals surface area contributed by atoms with Gasteiger partial charge in [0, 0.05) is 0 Å². The van der Waals surface area contributed by atoms with E-state index in [1.54, 1.807) is 0 Å². The maximum Gasteiger partial charge on any atom is 0.249 e. The van der Waals surface area contributed by atoms with E-state index in [0.717, 1.165) is 38.5 Å². The molecule has 0 aliphatic carbocycles. The molecule has 6 nitrogen and oxygen atoms in total. The van der Waals surface area contributed by atoms with Crippen molar-refractivity contribution in [3.63, 3.8) is 0 Å². The molecule has 6 heteroatoms. The van der Waals surface area contributed by atoms with Gasteiger partial charge in [0.2, 0.25) is 5.91 Å². The molecule has 0 saturated carbocycles. The first kappa shape index (κ1) is 78.8. The maximum atomic E-state index is 12.7. The number of amides is 1. The van der Waals surface area contributed by atoms with Crippen LogP contribution in [0.1, 0.15) is 412 Å². The van der Waals surface area contributed by atoms with Gasteiger partial charge >= 0.3 is 0 Å². The van der Waals surface area contributed by atoms with Crippen LogP contribution in [0.3, 0.4) is 0 Å². The Morgan fingerprint density at radius 3 is 0.787 bits per heavy atom. The molecule has 0 spiro atoms. The van der Waals surface area contributed by atoms with Crippen molar-refractivity contribution >= 4 is 5.91 Å². The molecule has 0 aromatic rings. The van der Waals surface area contributed by atoms with Crippen LogP contribution in [-0.4, -0.2) is 57.3 Å². The van der Waals surface area contributed by atoms with Gasteiger partial charge in [0.25, 0.3) is 0 Å². The first-order valence-corrected chi connectivity index (χ1v) is 36.7. The Hall–Kier alpha value is -1.21. The Balaban J connectivity index is 3.52. The molecule has 1 amide bonds. The zero-order valence-corrected chi connectivity index (χ0v) is 54.4. The number of carbonyl (C=O) groups is 1. The van der Waals surface area contributed by atoms with Crippen molar-refractivity contribution in [2.24, 2.45) is 0 Å². The molecule has 0 bridgehead atoms. The predicted octanol–water partition coefficient (Wildman–Crippen LogP) is 22.9. The first-order chi connectivity index (χ1) is 39.5. The highest BCUT2D eigenvalue weighted by atomic mass is 16.3. The van der Waals surface area contributed by atoms with Gasteiger partial charge in [-0.1, -0.05) is 385 Å². The minimum absolute atomic E-state index is 0.365. The summed E-state index contributed by atoms with van der Waals surface area (Å²) in [4.78, 5) is 12.7. The van der Waals surface area contributed by atoms with Crippen LogP contribution in [-0.2, 0) is 4.79 Å². The van der Waals surface area contributed by atoms with Crippen molar-refractivity contribution in [1.29, 1.82) is 0 Å². The lowest BCUT2D eigenvalue weighted by Gasteiger charge is -2.27. The predicted molar refractivity (Wildman–Crippen MR) is 353 cm³/mol. The van der Waals surface area contributed by atoms with Gasteiger partial charge in [-0.25, -0.2) is 0 Å². The van der Waals surface area contributed by atoms with E-state index in [4.69, 9.17) is 0 Å². The van der Waals surface area contributed by atoms with Crippen molar-refractivity contribution in [3.05, 3.63) is 24.3 Å². The number of carbonyl (C=O) groups excluding carboxylic acids is 1. The lowest BCUT2D eigenvalue weighted by Crippen LogP contribution is -2.53. The van der Waals surface area contributed by atoms with E-state index in [0.29, 0.717) is 19.3 Å². The highest BCUT2D eigenvalue weighted by Crippen LogP contribution is 2.20. The Morgan fingerprint density at radius 1 is 0.300 bits per heavy atom. The summed E-state index contributed by atoms with van der Waals surface area (Å²) in [5, 5.41) is 44.2. The average Bonchev–Trinajstić information content (AvgIpc) is 3.46. The molecule has 0 aliphatic heterocycles. The number of aliphatic hydroxyl groups is 4. The van der Waals surface area contributed by atoms with E-state index >= 15 is 0 Å². The highest BCUT2D eigenvalue weighted by molar-refractivity contribution is 5.80. The van der Waals surface area contributed by atoms with Crippen LogP contribution >= 0.6 is 0 Å². The lowest BCUT2D eigenvalue weighted by molar-refractivity contribution is -0.132. The van der Waals surface area contributed by atoms with Crippen LogP contribution < -0.4 is 5.32 Å². The molecule has 5 N–H and O–H groups in total. The SMILES string of the molecule is CCCCCCCCCCCCCCCCCCC/C=C/CC/C=C/CCCC(O)C(O)C(CO)NC(=O)C(O)CCCCCCCCCCCCCCCCCCCCCCCCCCCCCCCCCCCCCCCC. The number of allylic oxidation sites excluding steroid dienone is 4. The number of rotatable bonds is 69. The molecular formula is C74H145NO5. The molecule has 0 rings (SSSR count). The second-order valence-electron chi connectivity index (χ2n) is 25.6. The van der Waals surface area contributed by atoms with Gasteiger partial charge in [-0.15, -0.1) is 0 Å². The molecule has 4 unspecified atom stereocenters. The Labute approximate surface area is 501 Å². The Bertz CT molecular complexity index is 1220. The summed E-state index contributed by atoms with van der Waals surface area (Å²) in [6, 6.07) is -1.01. The van der Waals surface area contributed by atoms with E-state index in [-0.39, 0.29) is 0 Å². The molecule has 0 aromatic carbocycles. The number of aliphatic hydroxyl groups excluding tert-OH is 4. The smallest absolute Gasteiger partial charge is 0.249 e. The summed E-state index contributed by atoms with van der Waals surface area (Å²) in [5.41, 5.74) is 0. The number of unbranched alkanes of at least 4 members (excludes halogenated alkanes) is 56. The largest absolute Gasteiger partial charge is 0.394 e. The van der Waals surface area contributed by atoms with Gasteiger partial charge in [-0.2, -0.15) is 0 Å².